The molecule has 0 heterocycles. The lowest BCUT2D eigenvalue weighted by Crippen LogP contribution is -2.59. The highest BCUT2D eigenvalue weighted by Crippen LogP contribution is 2.71. The Morgan fingerprint density at radius 1 is 1.03 bits per heavy atom. The van der Waals surface area contributed by atoms with E-state index in [1.165, 1.54) is 0 Å². The van der Waals surface area contributed by atoms with Crippen molar-refractivity contribution in [3.63, 3.8) is 0 Å². The van der Waals surface area contributed by atoms with Crippen LogP contribution in [0.2, 0.25) is 0 Å². The highest BCUT2D eigenvalue weighted by atomic mass is 16.3. The minimum absolute atomic E-state index is 0.00463. The highest BCUT2D eigenvalue weighted by Gasteiger charge is 2.67. The predicted octanol–water partition coefficient (Wildman–Crippen LogP) is 5.81. The maximum atomic E-state index is 14.0. The Bertz CT molecular complexity index is 949. The van der Waals surface area contributed by atoms with Crippen LogP contribution >= 0.6 is 0 Å². The molecule has 2 saturated carbocycles. The standard InChI is InChI=1S/C30H46O4/c1-18(10-9-13-26(2,3)34)19-11-15-29(7)25-20(31)16-22-27(4,5)23(33)12-14-28(22,6)24(25)21(32)17-30(19,29)8/h9,13,18-19,22-23,33-34H,10-12,14-17H2,1-8H3/b13-9+/t18-,19-,22+,23+,28+,29-,30+/m1/s1. The molecule has 0 aromatic rings. The van der Waals surface area contributed by atoms with Crippen LogP contribution in [-0.2, 0) is 9.59 Å². The van der Waals surface area contributed by atoms with E-state index < -0.39 is 11.7 Å². The molecule has 0 bridgehead atoms. The number of hydrogen-bond acceptors (Lipinski definition) is 4. The molecule has 2 N–H and O–H groups in total. The molecule has 0 spiro atoms. The van der Waals surface area contributed by atoms with Gasteiger partial charge in [0, 0.05) is 34.8 Å². The molecule has 0 amide bonds. The largest absolute Gasteiger partial charge is 0.393 e. The Kier molecular flexibility index (Phi) is 5.98. The fourth-order valence-corrected chi connectivity index (χ4v) is 8.84. The third-order valence-electron chi connectivity index (χ3n) is 11.1. The number of allylic oxidation sites excluding steroid dienone is 3. The molecule has 0 aromatic carbocycles. The molecular formula is C30H46O4. The zero-order valence-corrected chi connectivity index (χ0v) is 22.6. The SMILES string of the molecule is C[C@H](C/C=C/C(C)(C)O)[C@H]1CC[C@]2(C)C3=C(C(=O)C[C@@]12C)[C@@]1(C)CC[C@H](O)C(C)(C)[C@@H]1CC3=O. The normalized spacial score (nSPS) is 43.1. The quantitative estimate of drug-likeness (QED) is 0.509. The van der Waals surface area contributed by atoms with Gasteiger partial charge in [0.1, 0.15) is 0 Å². The number of fused-ring (bicyclic) bond motifs is 4. The molecule has 0 radical (unpaired) electrons. The Morgan fingerprint density at radius 2 is 1.68 bits per heavy atom. The summed E-state index contributed by atoms with van der Waals surface area (Å²) in [6.45, 7) is 16.7. The molecule has 4 nitrogen and oxygen atoms in total. The summed E-state index contributed by atoms with van der Waals surface area (Å²) in [6, 6.07) is 0. The number of rotatable bonds is 4. The maximum Gasteiger partial charge on any atom is 0.160 e. The van der Waals surface area contributed by atoms with E-state index in [1.54, 1.807) is 13.8 Å². The molecule has 190 valence electrons. The number of carbonyl (C=O) groups excluding carboxylic acids is 2. The molecule has 0 aromatic heterocycles. The van der Waals surface area contributed by atoms with Crippen molar-refractivity contribution in [1.82, 2.24) is 0 Å². The van der Waals surface area contributed by atoms with Crippen molar-refractivity contribution in [3.05, 3.63) is 23.3 Å². The van der Waals surface area contributed by atoms with Crippen molar-refractivity contribution in [2.45, 2.75) is 112 Å². The van der Waals surface area contributed by atoms with Crippen molar-refractivity contribution in [2.24, 2.45) is 39.4 Å². The van der Waals surface area contributed by atoms with Gasteiger partial charge in [-0.15, -0.1) is 0 Å². The lowest BCUT2D eigenvalue weighted by Gasteiger charge is -2.60. The van der Waals surface area contributed by atoms with Crippen LogP contribution in [0.4, 0.5) is 0 Å². The second-order valence-electron chi connectivity index (χ2n) is 14.0. The monoisotopic (exact) mass is 470 g/mol. The van der Waals surface area contributed by atoms with Gasteiger partial charge in [0.05, 0.1) is 11.7 Å². The Labute approximate surface area is 206 Å². The number of aliphatic hydroxyl groups is 2. The fraction of sp³-hybridized carbons (Fsp3) is 0.800. The summed E-state index contributed by atoms with van der Waals surface area (Å²) in [7, 11) is 0. The van der Waals surface area contributed by atoms with Crippen LogP contribution in [0.15, 0.2) is 23.3 Å². The average molecular weight is 471 g/mol. The van der Waals surface area contributed by atoms with Gasteiger partial charge < -0.3 is 10.2 Å². The summed E-state index contributed by atoms with van der Waals surface area (Å²) in [4.78, 5) is 27.9. The average Bonchev–Trinajstić information content (AvgIpc) is 2.97. The maximum absolute atomic E-state index is 14.0. The van der Waals surface area contributed by atoms with E-state index in [1.807, 2.05) is 6.08 Å². The second-order valence-corrected chi connectivity index (χ2v) is 14.0. The molecule has 4 aliphatic rings. The summed E-state index contributed by atoms with van der Waals surface area (Å²) < 4.78 is 0. The van der Waals surface area contributed by atoms with Gasteiger partial charge in [0.2, 0.25) is 0 Å². The minimum Gasteiger partial charge on any atom is -0.393 e. The molecule has 0 aliphatic heterocycles. The Morgan fingerprint density at radius 3 is 2.29 bits per heavy atom. The summed E-state index contributed by atoms with van der Waals surface area (Å²) in [5, 5.41) is 20.8. The first-order valence-electron chi connectivity index (χ1n) is 13.4. The molecule has 4 rings (SSSR count). The molecule has 0 unspecified atom stereocenters. The molecular weight excluding hydrogens is 424 g/mol. The highest BCUT2D eigenvalue weighted by molar-refractivity contribution is 6.11. The van der Waals surface area contributed by atoms with Gasteiger partial charge in [-0.2, -0.15) is 0 Å². The summed E-state index contributed by atoms with van der Waals surface area (Å²) >= 11 is 0. The van der Waals surface area contributed by atoms with E-state index in [-0.39, 0.29) is 39.1 Å². The number of carbonyl (C=O) groups is 2. The third-order valence-corrected chi connectivity index (χ3v) is 11.1. The van der Waals surface area contributed by atoms with Crippen molar-refractivity contribution < 1.29 is 19.8 Å². The smallest absolute Gasteiger partial charge is 0.160 e. The lowest BCUT2D eigenvalue weighted by molar-refractivity contribution is -0.141. The first kappa shape index (κ1) is 25.8. The van der Waals surface area contributed by atoms with Crippen molar-refractivity contribution in [3.8, 4) is 0 Å². The van der Waals surface area contributed by atoms with Crippen LogP contribution in [0.5, 0.6) is 0 Å². The summed E-state index contributed by atoms with van der Waals surface area (Å²) in [5.74, 6) is 1.04. The van der Waals surface area contributed by atoms with E-state index in [0.29, 0.717) is 31.1 Å². The van der Waals surface area contributed by atoms with Gasteiger partial charge in [-0.05, 0) is 74.5 Å². The van der Waals surface area contributed by atoms with E-state index >= 15 is 0 Å². The number of hydrogen-bond donors (Lipinski definition) is 2. The van der Waals surface area contributed by atoms with Crippen LogP contribution in [0.3, 0.4) is 0 Å². The predicted molar refractivity (Wildman–Crippen MR) is 135 cm³/mol. The first-order valence-corrected chi connectivity index (χ1v) is 13.4. The van der Waals surface area contributed by atoms with Crippen LogP contribution in [-0.4, -0.2) is 33.5 Å². The van der Waals surface area contributed by atoms with Gasteiger partial charge in [0.15, 0.2) is 11.6 Å². The molecule has 0 saturated heterocycles. The van der Waals surface area contributed by atoms with E-state index in [2.05, 4.69) is 47.6 Å². The number of ketones is 2. The topological polar surface area (TPSA) is 74.6 Å². The summed E-state index contributed by atoms with van der Waals surface area (Å²) in [5.41, 5.74) is -0.415. The van der Waals surface area contributed by atoms with Gasteiger partial charge in [-0.25, -0.2) is 0 Å². The van der Waals surface area contributed by atoms with Crippen molar-refractivity contribution in [2.75, 3.05) is 0 Å². The van der Waals surface area contributed by atoms with Gasteiger partial charge in [-0.1, -0.05) is 53.7 Å². The van der Waals surface area contributed by atoms with E-state index in [4.69, 9.17) is 0 Å². The number of Topliss-reactive ketones (excluding diaryl/α,β-unsaturated/α-hetero) is 2. The Balaban J connectivity index is 1.75. The molecule has 4 heteroatoms. The second kappa shape index (κ2) is 7.87. The van der Waals surface area contributed by atoms with Gasteiger partial charge in [-0.3, -0.25) is 9.59 Å². The molecule has 34 heavy (non-hydrogen) atoms. The van der Waals surface area contributed by atoms with E-state index in [9.17, 15) is 19.8 Å². The Hall–Kier alpha value is -1.26. The van der Waals surface area contributed by atoms with Crippen LogP contribution < -0.4 is 0 Å². The lowest BCUT2D eigenvalue weighted by atomic mass is 9.43. The number of aliphatic hydroxyl groups excluding tert-OH is 1. The van der Waals surface area contributed by atoms with Crippen LogP contribution in [0, 0.1) is 39.4 Å². The zero-order chi connectivity index (χ0) is 25.5. The minimum atomic E-state index is -0.823. The first-order chi connectivity index (χ1) is 15.5. The van der Waals surface area contributed by atoms with Gasteiger partial charge in [0.25, 0.3) is 0 Å². The third kappa shape index (κ3) is 3.53. The van der Waals surface area contributed by atoms with E-state index in [0.717, 1.165) is 36.8 Å². The fourth-order valence-electron chi connectivity index (χ4n) is 8.84. The summed E-state index contributed by atoms with van der Waals surface area (Å²) in [6.07, 6.45) is 8.72. The van der Waals surface area contributed by atoms with Crippen molar-refractivity contribution >= 4 is 11.6 Å². The van der Waals surface area contributed by atoms with Gasteiger partial charge >= 0.3 is 0 Å². The van der Waals surface area contributed by atoms with Crippen LogP contribution in [0.25, 0.3) is 0 Å². The van der Waals surface area contributed by atoms with Crippen LogP contribution in [0.1, 0.15) is 100 Å². The molecule has 2 fully saturated rings. The molecule has 4 aliphatic carbocycles. The molecule has 7 atom stereocenters. The zero-order valence-electron chi connectivity index (χ0n) is 22.6. The van der Waals surface area contributed by atoms with Crippen molar-refractivity contribution in [1.29, 1.82) is 0 Å².